The molecule has 2 amide bonds. The zero-order valence-electron chi connectivity index (χ0n) is 15.8. The summed E-state index contributed by atoms with van der Waals surface area (Å²) >= 11 is 9.30. The maximum Gasteiger partial charge on any atom is 0.279 e. The Balaban J connectivity index is 1.76. The second-order valence-corrected chi connectivity index (χ2v) is 7.71. The summed E-state index contributed by atoms with van der Waals surface area (Å²) in [6.45, 7) is 5.50. The van der Waals surface area contributed by atoms with Crippen molar-refractivity contribution >= 4 is 39.3 Å². The first-order chi connectivity index (χ1) is 13.3. The number of hydrazine groups is 1. The summed E-state index contributed by atoms with van der Waals surface area (Å²) in [5.74, 6) is 0.350. The third kappa shape index (κ3) is 6.73. The first-order valence-corrected chi connectivity index (χ1v) is 9.86. The standard InChI is InChI=1S/C20H22BrClN2O4/c1-12(2)14-4-7-16(8-5-14)28-13(3)20(26)24-23-19(25)11-27-18-9-6-15(21)10-17(18)22/h4-10,12-13H,11H2,1-3H3,(H,23,25)(H,24,26). The molecule has 6 nitrogen and oxygen atoms in total. The molecule has 0 heterocycles. The van der Waals surface area contributed by atoms with Crippen LogP contribution in [-0.2, 0) is 9.59 Å². The van der Waals surface area contributed by atoms with Crippen molar-refractivity contribution < 1.29 is 19.1 Å². The Morgan fingerprint density at radius 1 is 1.07 bits per heavy atom. The van der Waals surface area contributed by atoms with Gasteiger partial charge in [-0.1, -0.05) is 53.5 Å². The molecule has 0 fully saturated rings. The minimum atomic E-state index is -0.785. The Bertz CT molecular complexity index is 827. The van der Waals surface area contributed by atoms with E-state index in [9.17, 15) is 9.59 Å². The largest absolute Gasteiger partial charge is 0.482 e. The van der Waals surface area contributed by atoms with Crippen LogP contribution in [-0.4, -0.2) is 24.5 Å². The summed E-state index contributed by atoms with van der Waals surface area (Å²) in [5, 5.41) is 0.372. The van der Waals surface area contributed by atoms with Crippen LogP contribution in [0.15, 0.2) is 46.9 Å². The van der Waals surface area contributed by atoms with Gasteiger partial charge in [0.25, 0.3) is 11.8 Å². The molecule has 2 aromatic rings. The van der Waals surface area contributed by atoms with Crippen molar-refractivity contribution in [2.24, 2.45) is 0 Å². The van der Waals surface area contributed by atoms with E-state index in [0.29, 0.717) is 22.4 Å². The van der Waals surface area contributed by atoms with Crippen LogP contribution < -0.4 is 20.3 Å². The van der Waals surface area contributed by atoms with Gasteiger partial charge in [-0.25, -0.2) is 0 Å². The molecular weight excluding hydrogens is 448 g/mol. The Morgan fingerprint density at radius 2 is 1.75 bits per heavy atom. The highest BCUT2D eigenvalue weighted by Gasteiger charge is 2.16. The SMILES string of the molecule is CC(Oc1ccc(C(C)C)cc1)C(=O)NNC(=O)COc1ccc(Br)cc1Cl. The third-order valence-corrected chi connectivity index (χ3v) is 4.60. The van der Waals surface area contributed by atoms with Crippen LogP contribution in [0.2, 0.25) is 5.02 Å². The van der Waals surface area contributed by atoms with E-state index in [4.69, 9.17) is 21.1 Å². The van der Waals surface area contributed by atoms with E-state index in [1.165, 1.54) is 5.56 Å². The Kier molecular flexibility index (Phi) is 8.14. The smallest absolute Gasteiger partial charge is 0.279 e. The average Bonchev–Trinajstić information content (AvgIpc) is 2.65. The number of hydrogen-bond donors (Lipinski definition) is 2. The average molecular weight is 470 g/mol. The van der Waals surface area contributed by atoms with Crippen molar-refractivity contribution in [2.75, 3.05) is 6.61 Å². The summed E-state index contributed by atoms with van der Waals surface area (Å²) in [6.07, 6.45) is -0.785. The number of ether oxygens (including phenoxy) is 2. The molecule has 0 aliphatic carbocycles. The predicted octanol–water partition coefficient (Wildman–Crippen LogP) is 4.22. The van der Waals surface area contributed by atoms with Gasteiger partial charge in [0, 0.05) is 4.47 Å². The molecule has 0 saturated carbocycles. The molecule has 2 N–H and O–H groups in total. The zero-order chi connectivity index (χ0) is 20.7. The fraction of sp³-hybridized carbons (Fsp3) is 0.300. The van der Waals surface area contributed by atoms with Crippen LogP contribution in [0.5, 0.6) is 11.5 Å². The van der Waals surface area contributed by atoms with Gasteiger partial charge in [0.2, 0.25) is 0 Å². The Hall–Kier alpha value is -2.25. The zero-order valence-corrected chi connectivity index (χ0v) is 18.1. The van der Waals surface area contributed by atoms with E-state index in [0.717, 1.165) is 4.47 Å². The summed E-state index contributed by atoms with van der Waals surface area (Å²) in [5.41, 5.74) is 5.77. The maximum atomic E-state index is 12.1. The summed E-state index contributed by atoms with van der Waals surface area (Å²) in [4.78, 5) is 23.9. The quantitative estimate of drug-likeness (QED) is 0.595. The minimum absolute atomic E-state index is 0.298. The van der Waals surface area contributed by atoms with Crippen LogP contribution in [0.1, 0.15) is 32.3 Å². The number of amides is 2. The van der Waals surface area contributed by atoms with Gasteiger partial charge < -0.3 is 9.47 Å². The van der Waals surface area contributed by atoms with E-state index in [1.807, 2.05) is 24.3 Å². The lowest BCUT2D eigenvalue weighted by Crippen LogP contribution is -2.48. The molecule has 0 spiro atoms. The fourth-order valence-corrected chi connectivity index (χ4v) is 2.92. The first kappa shape index (κ1) is 22.0. The second kappa shape index (κ2) is 10.3. The lowest BCUT2D eigenvalue weighted by molar-refractivity contribution is -0.133. The van der Waals surface area contributed by atoms with Crippen molar-refractivity contribution in [3.63, 3.8) is 0 Å². The summed E-state index contributed by atoms with van der Waals surface area (Å²) in [6, 6.07) is 12.6. The van der Waals surface area contributed by atoms with Crippen LogP contribution in [0.3, 0.4) is 0 Å². The molecule has 1 atom stereocenters. The second-order valence-electron chi connectivity index (χ2n) is 6.38. The number of nitrogens with one attached hydrogen (secondary N) is 2. The Morgan fingerprint density at radius 3 is 2.36 bits per heavy atom. The van der Waals surface area contributed by atoms with Gasteiger partial charge >= 0.3 is 0 Å². The van der Waals surface area contributed by atoms with Crippen LogP contribution in [0.25, 0.3) is 0 Å². The number of halogens is 2. The molecule has 0 radical (unpaired) electrons. The number of benzene rings is 2. The molecule has 0 aliphatic rings. The van der Waals surface area contributed by atoms with Crippen LogP contribution in [0.4, 0.5) is 0 Å². The Labute approximate surface area is 177 Å². The molecule has 0 aromatic heterocycles. The highest BCUT2D eigenvalue weighted by molar-refractivity contribution is 9.10. The normalized spacial score (nSPS) is 11.6. The lowest BCUT2D eigenvalue weighted by Gasteiger charge is -2.16. The first-order valence-electron chi connectivity index (χ1n) is 8.69. The number of rotatable bonds is 7. The van der Waals surface area contributed by atoms with Gasteiger partial charge in [0.05, 0.1) is 5.02 Å². The minimum Gasteiger partial charge on any atom is -0.482 e. The van der Waals surface area contributed by atoms with E-state index >= 15 is 0 Å². The van der Waals surface area contributed by atoms with Crippen LogP contribution in [0, 0.1) is 0 Å². The van der Waals surface area contributed by atoms with E-state index in [1.54, 1.807) is 25.1 Å². The van der Waals surface area contributed by atoms with Crippen molar-refractivity contribution in [1.82, 2.24) is 10.9 Å². The van der Waals surface area contributed by atoms with Crippen molar-refractivity contribution in [3.8, 4) is 11.5 Å². The number of hydrogen-bond acceptors (Lipinski definition) is 4. The highest BCUT2D eigenvalue weighted by Crippen LogP contribution is 2.27. The third-order valence-electron chi connectivity index (χ3n) is 3.81. The molecule has 0 saturated heterocycles. The predicted molar refractivity (Wildman–Crippen MR) is 112 cm³/mol. The molecule has 1 unspecified atom stereocenters. The maximum absolute atomic E-state index is 12.1. The van der Waals surface area contributed by atoms with E-state index in [2.05, 4.69) is 40.6 Å². The molecular formula is C20H22BrClN2O4. The van der Waals surface area contributed by atoms with Crippen LogP contribution >= 0.6 is 27.5 Å². The van der Waals surface area contributed by atoms with Crippen molar-refractivity contribution in [3.05, 3.63) is 57.5 Å². The van der Waals surface area contributed by atoms with Gasteiger partial charge in [0.1, 0.15) is 11.5 Å². The fourth-order valence-electron chi connectivity index (χ4n) is 2.19. The number of carbonyl (C=O) groups is 2. The topological polar surface area (TPSA) is 76.7 Å². The summed E-state index contributed by atoms with van der Waals surface area (Å²) in [7, 11) is 0. The van der Waals surface area contributed by atoms with E-state index < -0.39 is 17.9 Å². The highest BCUT2D eigenvalue weighted by atomic mass is 79.9. The van der Waals surface area contributed by atoms with Gasteiger partial charge in [-0.2, -0.15) is 0 Å². The number of carbonyl (C=O) groups excluding carboxylic acids is 2. The van der Waals surface area contributed by atoms with Crippen molar-refractivity contribution in [2.45, 2.75) is 32.8 Å². The monoisotopic (exact) mass is 468 g/mol. The van der Waals surface area contributed by atoms with Gasteiger partial charge in [0.15, 0.2) is 12.7 Å². The lowest BCUT2D eigenvalue weighted by atomic mass is 10.0. The molecule has 28 heavy (non-hydrogen) atoms. The molecule has 0 bridgehead atoms. The summed E-state index contributed by atoms with van der Waals surface area (Å²) < 4.78 is 11.7. The van der Waals surface area contributed by atoms with Gasteiger partial charge in [-0.3, -0.25) is 20.4 Å². The molecule has 0 aliphatic heterocycles. The van der Waals surface area contributed by atoms with Gasteiger partial charge in [-0.05, 0) is 48.7 Å². The molecule has 150 valence electrons. The molecule has 2 rings (SSSR count). The van der Waals surface area contributed by atoms with Crippen molar-refractivity contribution in [1.29, 1.82) is 0 Å². The van der Waals surface area contributed by atoms with Gasteiger partial charge in [-0.15, -0.1) is 0 Å². The van der Waals surface area contributed by atoms with E-state index in [-0.39, 0.29) is 6.61 Å². The molecule has 2 aromatic carbocycles. The molecule has 8 heteroatoms.